The van der Waals surface area contributed by atoms with Crippen LogP contribution in [0.3, 0.4) is 0 Å². The predicted octanol–water partition coefficient (Wildman–Crippen LogP) is 5.90. The molecule has 2 N–H and O–H groups in total. The van der Waals surface area contributed by atoms with Gasteiger partial charge in [0.2, 0.25) is 0 Å². The molecule has 1 saturated heterocycles. The summed E-state index contributed by atoms with van der Waals surface area (Å²) < 4.78 is 74.1. The number of halogens is 6. The Kier molecular flexibility index (Phi) is 8.90. The van der Waals surface area contributed by atoms with Crippen molar-refractivity contribution in [3.8, 4) is 17.2 Å². The average Bonchev–Trinajstić information content (AvgIpc) is 3.00. The maximum absolute atomic E-state index is 15.1. The first-order valence-electron chi connectivity index (χ1n) is 13.4. The first kappa shape index (κ1) is 31.6. The SMILES string of the molecule is N#Cc1ccc(-c2ccc(C[C@H](NC(=O)c3c(F)cc(N4CCO[C@@H](C(F)(F)F)C4)cc3F)C(=O)O)c3cccnc23)c(Cl)c1. The molecule has 0 radical (unpaired) electrons. The van der Waals surface area contributed by atoms with Crippen LogP contribution in [0.15, 0.2) is 60.8 Å². The second-order valence-electron chi connectivity index (χ2n) is 10.2. The van der Waals surface area contributed by atoms with E-state index < -0.39 is 53.9 Å². The van der Waals surface area contributed by atoms with Crippen LogP contribution in [0.4, 0.5) is 27.6 Å². The highest BCUT2D eigenvalue weighted by atomic mass is 35.5. The maximum atomic E-state index is 15.1. The number of benzene rings is 3. The van der Waals surface area contributed by atoms with Crippen LogP contribution in [-0.4, -0.2) is 60.0 Å². The molecule has 5 rings (SSSR count). The number of aromatic nitrogens is 1. The number of hydrogen-bond acceptors (Lipinski definition) is 6. The number of nitrogens with one attached hydrogen (secondary N) is 1. The van der Waals surface area contributed by atoms with Gasteiger partial charge in [0.25, 0.3) is 5.91 Å². The van der Waals surface area contributed by atoms with Crippen molar-refractivity contribution in [1.82, 2.24) is 10.3 Å². The zero-order valence-electron chi connectivity index (χ0n) is 23.0. The van der Waals surface area contributed by atoms with Crippen molar-refractivity contribution < 1.29 is 41.4 Å². The second kappa shape index (κ2) is 12.7. The lowest BCUT2D eigenvalue weighted by Gasteiger charge is -2.35. The summed E-state index contributed by atoms with van der Waals surface area (Å²) in [5, 5.41) is 22.0. The quantitative estimate of drug-likeness (QED) is 0.241. The van der Waals surface area contributed by atoms with Crippen LogP contribution in [0.5, 0.6) is 0 Å². The van der Waals surface area contributed by atoms with Crippen LogP contribution in [0.25, 0.3) is 22.0 Å². The van der Waals surface area contributed by atoms with Crippen molar-refractivity contribution in [2.24, 2.45) is 0 Å². The number of nitrogens with zero attached hydrogens (tertiary/aromatic N) is 3. The molecule has 0 aliphatic carbocycles. The molecule has 0 spiro atoms. The number of morpholine rings is 1. The van der Waals surface area contributed by atoms with Crippen molar-refractivity contribution in [3.63, 3.8) is 0 Å². The topological polar surface area (TPSA) is 116 Å². The number of alkyl halides is 3. The molecule has 1 amide bonds. The molecular formula is C31H22ClF5N4O4. The van der Waals surface area contributed by atoms with Gasteiger partial charge >= 0.3 is 12.1 Å². The summed E-state index contributed by atoms with van der Waals surface area (Å²) in [7, 11) is 0. The van der Waals surface area contributed by atoms with Crippen LogP contribution in [0, 0.1) is 23.0 Å². The molecule has 1 aromatic heterocycles. The minimum Gasteiger partial charge on any atom is -0.480 e. The van der Waals surface area contributed by atoms with Crippen molar-refractivity contribution >= 4 is 40.1 Å². The Labute approximate surface area is 257 Å². The van der Waals surface area contributed by atoms with Gasteiger partial charge < -0.3 is 20.1 Å². The van der Waals surface area contributed by atoms with Crippen molar-refractivity contribution in [2.45, 2.75) is 24.7 Å². The monoisotopic (exact) mass is 644 g/mol. The van der Waals surface area contributed by atoms with Crippen molar-refractivity contribution in [1.29, 1.82) is 5.26 Å². The maximum Gasteiger partial charge on any atom is 0.416 e. The normalized spacial score (nSPS) is 15.8. The van der Waals surface area contributed by atoms with Gasteiger partial charge in [-0.25, -0.2) is 13.6 Å². The highest BCUT2D eigenvalue weighted by Crippen LogP contribution is 2.35. The number of carboxylic acids is 1. The molecular weight excluding hydrogens is 623 g/mol. The molecule has 14 heteroatoms. The lowest BCUT2D eigenvalue weighted by Crippen LogP contribution is -2.49. The van der Waals surface area contributed by atoms with E-state index >= 15 is 8.78 Å². The standard InChI is InChI=1S/C31H22ClF5N4O4/c32-22-10-16(14-38)3-5-20(22)21-6-4-17(19-2-1-7-39-28(19)21)11-25(30(43)44)40-29(42)27-23(33)12-18(13-24(27)34)41-8-9-45-26(15-41)31(35,36)37/h1-7,10,12-13,25-26H,8-9,11,15H2,(H,40,42)(H,43,44)/t25-,26+/m0/s1. The Hall–Kier alpha value is -4.80. The Balaban J connectivity index is 1.40. The molecule has 2 atom stereocenters. The summed E-state index contributed by atoms with van der Waals surface area (Å²) in [6.45, 7) is -1.10. The summed E-state index contributed by atoms with van der Waals surface area (Å²) in [6.07, 6.45) is -5.60. The molecule has 1 aliphatic heterocycles. The third kappa shape index (κ3) is 6.67. The fourth-order valence-electron chi connectivity index (χ4n) is 5.12. The summed E-state index contributed by atoms with van der Waals surface area (Å²) in [6, 6.07) is 13.1. The predicted molar refractivity (Wildman–Crippen MR) is 154 cm³/mol. The Bertz CT molecular complexity index is 1820. The number of aliphatic carboxylic acids is 1. The molecule has 45 heavy (non-hydrogen) atoms. The molecule has 8 nitrogen and oxygen atoms in total. The minimum absolute atomic E-state index is 0.0723. The number of carboxylic acid groups (broad SMARTS) is 1. The number of amides is 1. The Morgan fingerprint density at radius 3 is 2.49 bits per heavy atom. The first-order chi connectivity index (χ1) is 21.4. The van der Waals surface area contributed by atoms with Crippen LogP contribution < -0.4 is 10.2 Å². The fourth-order valence-corrected chi connectivity index (χ4v) is 5.40. The van der Waals surface area contributed by atoms with Crippen LogP contribution in [0.1, 0.15) is 21.5 Å². The summed E-state index contributed by atoms with van der Waals surface area (Å²) >= 11 is 6.41. The van der Waals surface area contributed by atoms with E-state index in [4.69, 9.17) is 21.6 Å². The molecule has 0 bridgehead atoms. The minimum atomic E-state index is -4.68. The molecule has 1 fully saturated rings. The van der Waals surface area contributed by atoms with Gasteiger partial charge in [0, 0.05) is 46.4 Å². The number of hydrogen-bond donors (Lipinski definition) is 2. The van der Waals surface area contributed by atoms with Crippen molar-refractivity contribution in [3.05, 3.63) is 94.1 Å². The number of pyridine rings is 1. The van der Waals surface area contributed by atoms with E-state index in [2.05, 4.69) is 10.3 Å². The number of fused-ring (bicyclic) bond motifs is 1. The zero-order valence-corrected chi connectivity index (χ0v) is 23.8. The van der Waals surface area contributed by atoms with E-state index in [1.54, 1.807) is 36.4 Å². The molecule has 4 aromatic rings. The van der Waals surface area contributed by atoms with Gasteiger partial charge in [0.15, 0.2) is 6.10 Å². The van der Waals surface area contributed by atoms with E-state index in [1.165, 1.54) is 12.3 Å². The Morgan fingerprint density at radius 1 is 1.13 bits per heavy atom. The molecule has 232 valence electrons. The summed E-state index contributed by atoms with van der Waals surface area (Å²) in [5.74, 6) is -5.59. The van der Waals surface area contributed by atoms with E-state index in [1.807, 2.05) is 6.07 Å². The highest BCUT2D eigenvalue weighted by Gasteiger charge is 2.43. The number of carbonyl (C=O) groups excluding carboxylic acids is 1. The van der Waals surface area contributed by atoms with Crippen LogP contribution in [0.2, 0.25) is 5.02 Å². The lowest BCUT2D eigenvalue weighted by atomic mass is 9.94. The molecule has 0 unspecified atom stereocenters. The number of carbonyl (C=O) groups is 2. The van der Waals surface area contributed by atoms with Crippen LogP contribution >= 0.6 is 11.6 Å². The van der Waals surface area contributed by atoms with Gasteiger partial charge in [-0.15, -0.1) is 0 Å². The molecule has 2 heterocycles. The summed E-state index contributed by atoms with van der Waals surface area (Å²) in [5.41, 5.74) is 1.14. The second-order valence-corrected chi connectivity index (χ2v) is 10.6. The van der Waals surface area contributed by atoms with Gasteiger partial charge in [-0.1, -0.05) is 35.9 Å². The van der Waals surface area contributed by atoms with Gasteiger partial charge in [-0.2, -0.15) is 18.4 Å². The van der Waals surface area contributed by atoms with Gasteiger partial charge in [-0.05, 0) is 35.9 Å². The lowest BCUT2D eigenvalue weighted by molar-refractivity contribution is -0.221. The number of nitriles is 1. The molecule has 3 aromatic carbocycles. The zero-order chi connectivity index (χ0) is 32.5. The largest absolute Gasteiger partial charge is 0.480 e. The third-order valence-corrected chi connectivity index (χ3v) is 7.64. The average molecular weight is 645 g/mol. The van der Waals surface area contributed by atoms with Crippen LogP contribution in [-0.2, 0) is 16.0 Å². The van der Waals surface area contributed by atoms with E-state index in [-0.39, 0.29) is 25.3 Å². The van der Waals surface area contributed by atoms with Crippen molar-refractivity contribution in [2.75, 3.05) is 24.6 Å². The molecule has 0 saturated carbocycles. The van der Waals surface area contributed by atoms with E-state index in [0.717, 1.165) is 17.0 Å². The smallest absolute Gasteiger partial charge is 0.416 e. The van der Waals surface area contributed by atoms with Gasteiger partial charge in [-0.3, -0.25) is 9.78 Å². The first-order valence-corrected chi connectivity index (χ1v) is 13.8. The fraction of sp³-hybridized carbons (Fsp3) is 0.226. The number of ether oxygens (including phenoxy) is 1. The number of anilines is 1. The highest BCUT2D eigenvalue weighted by molar-refractivity contribution is 6.33. The molecule has 1 aliphatic rings. The number of rotatable bonds is 7. The Morgan fingerprint density at radius 2 is 1.84 bits per heavy atom. The van der Waals surface area contributed by atoms with E-state index in [0.29, 0.717) is 38.2 Å². The summed E-state index contributed by atoms with van der Waals surface area (Å²) in [4.78, 5) is 30.6. The van der Waals surface area contributed by atoms with E-state index in [9.17, 15) is 27.9 Å². The van der Waals surface area contributed by atoms with Gasteiger partial charge in [0.1, 0.15) is 23.2 Å². The van der Waals surface area contributed by atoms with Gasteiger partial charge in [0.05, 0.1) is 30.3 Å². The third-order valence-electron chi connectivity index (χ3n) is 7.33.